The van der Waals surface area contributed by atoms with Gasteiger partial charge in [-0.15, -0.1) is 0 Å². The lowest BCUT2D eigenvalue weighted by Crippen LogP contribution is -2.47. The number of hydrogen-bond donors (Lipinski definition) is 1. The standard InChI is InChI=1S/C24H27F2N3O2/c1-15(2)20-8-7-16(13-27-20)14-28-22(30)21-18-5-3-4-6-19(18)23(31)29(21)17-9-11-24(25,26)12-10-17/h3-8,13,15,17,21H,9-12,14H2,1-2H3,(H,28,30). The smallest absolute Gasteiger partial charge is 0.255 e. The van der Waals surface area contributed by atoms with Crippen molar-refractivity contribution in [3.05, 3.63) is 65.0 Å². The number of halogens is 2. The summed E-state index contributed by atoms with van der Waals surface area (Å²) in [6, 6.07) is 9.71. The van der Waals surface area contributed by atoms with E-state index in [0.29, 0.717) is 17.0 Å². The Bertz CT molecular complexity index is 965. The first-order valence-electron chi connectivity index (χ1n) is 10.8. The normalized spacial score (nSPS) is 20.7. The van der Waals surface area contributed by atoms with E-state index >= 15 is 0 Å². The van der Waals surface area contributed by atoms with Gasteiger partial charge in [0, 0.05) is 42.9 Å². The average molecular weight is 427 g/mol. The van der Waals surface area contributed by atoms with Crippen LogP contribution in [0, 0.1) is 0 Å². The molecule has 4 rings (SSSR count). The molecule has 1 N–H and O–H groups in total. The van der Waals surface area contributed by atoms with Crippen molar-refractivity contribution < 1.29 is 18.4 Å². The lowest BCUT2D eigenvalue weighted by molar-refractivity contribution is -0.127. The number of amides is 2. The second kappa shape index (κ2) is 8.36. The Balaban J connectivity index is 1.53. The minimum atomic E-state index is -2.70. The van der Waals surface area contributed by atoms with Crippen LogP contribution in [0.15, 0.2) is 42.6 Å². The Kier molecular flexibility index (Phi) is 5.77. The van der Waals surface area contributed by atoms with E-state index in [9.17, 15) is 18.4 Å². The molecule has 0 radical (unpaired) electrons. The van der Waals surface area contributed by atoms with E-state index in [1.807, 2.05) is 12.1 Å². The predicted molar refractivity (Wildman–Crippen MR) is 113 cm³/mol. The van der Waals surface area contributed by atoms with Crippen molar-refractivity contribution in [1.29, 1.82) is 0 Å². The van der Waals surface area contributed by atoms with E-state index in [4.69, 9.17) is 0 Å². The number of nitrogens with zero attached hydrogens (tertiary/aromatic N) is 2. The second-order valence-electron chi connectivity index (χ2n) is 8.75. The molecule has 1 fully saturated rings. The van der Waals surface area contributed by atoms with E-state index in [1.54, 1.807) is 30.5 Å². The quantitative estimate of drug-likeness (QED) is 0.759. The summed E-state index contributed by atoms with van der Waals surface area (Å²) in [5.74, 6) is -2.93. The molecule has 5 nitrogen and oxygen atoms in total. The number of carbonyl (C=O) groups excluding carboxylic acids is 2. The van der Waals surface area contributed by atoms with Crippen LogP contribution in [0.25, 0.3) is 0 Å². The molecule has 1 aliphatic carbocycles. The summed E-state index contributed by atoms with van der Waals surface area (Å²) in [5, 5.41) is 2.92. The fourth-order valence-corrected chi connectivity index (χ4v) is 4.45. The summed E-state index contributed by atoms with van der Waals surface area (Å²) in [5.41, 5.74) is 2.95. The van der Waals surface area contributed by atoms with Gasteiger partial charge >= 0.3 is 0 Å². The Morgan fingerprint density at radius 1 is 1.19 bits per heavy atom. The maximum absolute atomic E-state index is 13.7. The molecule has 0 spiro atoms. The van der Waals surface area contributed by atoms with Crippen molar-refractivity contribution in [3.8, 4) is 0 Å². The first kappa shape index (κ1) is 21.4. The van der Waals surface area contributed by atoms with Crippen LogP contribution < -0.4 is 5.32 Å². The molecule has 1 aromatic carbocycles. The van der Waals surface area contributed by atoms with Gasteiger partial charge in [-0.05, 0) is 42.0 Å². The lowest BCUT2D eigenvalue weighted by atomic mass is 9.90. The molecule has 1 unspecified atom stereocenters. The van der Waals surface area contributed by atoms with Gasteiger partial charge in [0.2, 0.25) is 11.8 Å². The van der Waals surface area contributed by atoms with Crippen molar-refractivity contribution in [2.24, 2.45) is 0 Å². The molecule has 1 aromatic heterocycles. The lowest BCUT2D eigenvalue weighted by Gasteiger charge is -2.37. The van der Waals surface area contributed by atoms with E-state index in [0.717, 1.165) is 11.3 Å². The molecule has 2 aliphatic rings. The minimum Gasteiger partial charge on any atom is -0.350 e. The van der Waals surface area contributed by atoms with E-state index < -0.39 is 12.0 Å². The summed E-state index contributed by atoms with van der Waals surface area (Å²) in [4.78, 5) is 32.2. The van der Waals surface area contributed by atoms with Gasteiger partial charge in [-0.1, -0.05) is 38.1 Å². The summed E-state index contributed by atoms with van der Waals surface area (Å²) in [6.45, 7) is 4.41. The van der Waals surface area contributed by atoms with Crippen LogP contribution in [0.3, 0.4) is 0 Å². The number of benzene rings is 1. The van der Waals surface area contributed by atoms with E-state index in [1.165, 1.54) is 4.90 Å². The van der Waals surface area contributed by atoms with Gasteiger partial charge in [-0.2, -0.15) is 0 Å². The van der Waals surface area contributed by atoms with Gasteiger partial charge in [-0.3, -0.25) is 14.6 Å². The van der Waals surface area contributed by atoms with Crippen molar-refractivity contribution in [1.82, 2.24) is 15.2 Å². The van der Waals surface area contributed by atoms with Crippen LogP contribution in [0.4, 0.5) is 8.78 Å². The summed E-state index contributed by atoms with van der Waals surface area (Å²) >= 11 is 0. The first-order valence-corrected chi connectivity index (χ1v) is 10.8. The van der Waals surface area contributed by atoms with E-state index in [2.05, 4.69) is 24.1 Å². The van der Waals surface area contributed by atoms with Gasteiger partial charge in [0.15, 0.2) is 0 Å². The van der Waals surface area contributed by atoms with Gasteiger partial charge in [0.25, 0.3) is 5.91 Å². The monoisotopic (exact) mass is 427 g/mol. The third-order valence-electron chi connectivity index (χ3n) is 6.23. The topological polar surface area (TPSA) is 62.3 Å². The first-order chi connectivity index (χ1) is 14.8. The van der Waals surface area contributed by atoms with Gasteiger partial charge in [-0.25, -0.2) is 8.78 Å². The highest BCUT2D eigenvalue weighted by atomic mass is 19.3. The van der Waals surface area contributed by atoms with Gasteiger partial charge in [0.05, 0.1) is 0 Å². The van der Waals surface area contributed by atoms with Crippen molar-refractivity contribution >= 4 is 11.8 Å². The zero-order valence-corrected chi connectivity index (χ0v) is 17.8. The minimum absolute atomic E-state index is 0.192. The number of fused-ring (bicyclic) bond motifs is 1. The maximum Gasteiger partial charge on any atom is 0.255 e. The highest BCUT2D eigenvalue weighted by molar-refractivity contribution is 6.04. The zero-order valence-electron chi connectivity index (χ0n) is 17.8. The van der Waals surface area contributed by atoms with Crippen LogP contribution in [-0.4, -0.2) is 33.7 Å². The third kappa shape index (κ3) is 4.31. The van der Waals surface area contributed by atoms with Crippen LogP contribution in [0.1, 0.15) is 78.7 Å². The SMILES string of the molecule is CC(C)c1ccc(CNC(=O)C2c3ccccc3C(=O)N2C2CCC(F)(F)CC2)cn1. The molecule has 1 saturated carbocycles. The molecule has 31 heavy (non-hydrogen) atoms. The van der Waals surface area contributed by atoms with Crippen molar-refractivity contribution in [2.75, 3.05) is 0 Å². The highest BCUT2D eigenvalue weighted by Crippen LogP contribution is 2.42. The Labute approximate surface area is 180 Å². The number of rotatable bonds is 5. The van der Waals surface area contributed by atoms with Crippen molar-refractivity contribution in [3.63, 3.8) is 0 Å². The Hall–Kier alpha value is -2.83. The number of aromatic nitrogens is 1. The number of alkyl halides is 2. The molecule has 2 aromatic rings. The molecular formula is C24H27F2N3O2. The Morgan fingerprint density at radius 2 is 1.90 bits per heavy atom. The fraction of sp³-hybridized carbons (Fsp3) is 0.458. The average Bonchev–Trinajstić information content (AvgIpc) is 3.05. The number of carbonyl (C=O) groups is 2. The maximum atomic E-state index is 13.7. The molecule has 2 amide bonds. The van der Waals surface area contributed by atoms with Crippen LogP contribution in [-0.2, 0) is 11.3 Å². The summed E-state index contributed by atoms with van der Waals surface area (Å²) < 4.78 is 27.4. The zero-order chi connectivity index (χ0) is 22.2. The number of hydrogen-bond acceptors (Lipinski definition) is 3. The molecule has 1 atom stereocenters. The molecule has 164 valence electrons. The van der Waals surface area contributed by atoms with E-state index in [-0.39, 0.29) is 50.1 Å². The van der Waals surface area contributed by atoms with Gasteiger partial charge in [0.1, 0.15) is 6.04 Å². The predicted octanol–water partition coefficient (Wildman–Crippen LogP) is 4.60. The molecular weight excluding hydrogens is 400 g/mol. The van der Waals surface area contributed by atoms with Gasteiger partial charge < -0.3 is 10.2 Å². The van der Waals surface area contributed by atoms with Crippen LogP contribution >= 0.6 is 0 Å². The largest absolute Gasteiger partial charge is 0.350 e. The van der Waals surface area contributed by atoms with Crippen LogP contribution in [0.2, 0.25) is 0 Å². The molecule has 2 heterocycles. The molecule has 0 saturated heterocycles. The number of nitrogens with one attached hydrogen (secondary N) is 1. The highest BCUT2D eigenvalue weighted by Gasteiger charge is 2.47. The molecule has 1 aliphatic heterocycles. The van der Waals surface area contributed by atoms with Crippen molar-refractivity contribution in [2.45, 2.75) is 70.0 Å². The summed E-state index contributed by atoms with van der Waals surface area (Å²) in [7, 11) is 0. The summed E-state index contributed by atoms with van der Waals surface area (Å²) in [6.07, 6.45) is 1.60. The van der Waals surface area contributed by atoms with Crippen LogP contribution in [0.5, 0.6) is 0 Å². The molecule has 0 bridgehead atoms. The number of pyridine rings is 1. The second-order valence-corrected chi connectivity index (χ2v) is 8.75. The molecule has 7 heteroatoms. The fourth-order valence-electron chi connectivity index (χ4n) is 4.45. The third-order valence-corrected chi connectivity index (χ3v) is 6.23. The Morgan fingerprint density at radius 3 is 2.55 bits per heavy atom.